The zero-order valence-electron chi connectivity index (χ0n) is 16.3. The number of benzene rings is 1. The number of nitrogens with zero attached hydrogens (tertiary/aromatic N) is 2. The molecular formula is C21H22N4O3S. The molecule has 3 aromatic heterocycles. The van der Waals surface area contributed by atoms with Gasteiger partial charge in [-0.25, -0.2) is 9.97 Å². The molecule has 0 unspecified atom stereocenters. The summed E-state index contributed by atoms with van der Waals surface area (Å²) in [5, 5.41) is 7.65. The Hall–Kier alpha value is -2.97. The summed E-state index contributed by atoms with van der Waals surface area (Å²) in [4.78, 5) is 24.6. The molecule has 0 atom stereocenters. The van der Waals surface area contributed by atoms with Gasteiger partial charge in [0.2, 0.25) is 0 Å². The normalized spacial score (nSPS) is 11.2. The van der Waals surface area contributed by atoms with Crippen LogP contribution in [0.4, 0.5) is 0 Å². The molecule has 0 radical (unpaired) electrons. The zero-order valence-corrected chi connectivity index (χ0v) is 17.1. The number of nitrogens with one attached hydrogen (secondary N) is 2. The average Bonchev–Trinajstić information content (AvgIpc) is 3.38. The molecule has 29 heavy (non-hydrogen) atoms. The van der Waals surface area contributed by atoms with Crippen molar-refractivity contribution in [1.29, 1.82) is 0 Å². The van der Waals surface area contributed by atoms with Crippen LogP contribution in [0.2, 0.25) is 0 Å². The maximum atomic E-state index is 12.6. The van der Waals surface area contributed by atoms with Crippen molar-refractivity contribution in [2.75, 3.05) is 13.7 Å². The Labute approximate surface area is 172 Å². The molecule has 4 aromatic rings. The molecule has 8 heteroatoms. The first kappa shape index (κ1) is 19.4. The van der Waals surface area contributed by atoms with Crippen molar-refractivity contribution in [2.45, 2.75) is 26.6 Å². The van der Waals surface area contributed by atoms with Crippen LogP contribution in [-0.4, -0.2) is 34.5 Å². The lowest BCUT2D eigenvalue weighted by Gasteiger charge is -2.10. The number of pyridine rings is 1. The minimum atomic E-state index is -0.189. The van der Waals surface area contributed by atoms with E-state index in [4.69, 9.17) is 9.47 Å². The lowest BCUT2D eigenvalue weighted by atomic mass is 10.1. The van der Waals surface area contributed by atoms with Crippen LogP contribution >= 0.6 is 11.3 Å². The summed E-state index contributed by atoms with van der Waals surface area (Å²) >= 11 is 1.56. The van der Waals surface area contributed by atoms with Crippen LogP contribution in [0.1, 0.15) is 34.4 Å². The topological polar surface area (TPSA) is 89.1 Å². The van der Waals surface area contributed by atoms with Crippen LogP contribution in [0.15, 0.2) is 36.0 Å². The van der Waals surface area contributed by atoms with E-state index in [1.165, 1.54) is 0 Å². The van der Waals surface area contributed by atoms with E-state index in [1.54, 1.807) is 30.8 Å². The first-order valence-corrected chi connectivity index (χ1v) is 10.3. The summed E-state index contributed by atoms with van der Waals surface area (Å²) < 4.78 is 11.3. The number of carbonyl (C=O) groups excluding carboxylic acids is 1. The maximum Gasteiger partial charge on any atom is 0.270 e. The van der Waals surface area contributed by atoms with Crippen molar-refractivity contribution in [3.8, 4) is 5.75 Å². The summed E-state index contributed by atoms with van der Waals surface area (Å²) in [6, 6.07) is 5.87. The van der Waals surface area contributed by atoms with Gasteiger partial charge in [-0.3, -0.25) is 4.79 Å². The Bertz CT molecular complexity index is 1140. The second kappa shape index (κ2) is 8.59. The Balaban J connectivity index is 1.77. The third-order valence-corrected chi connectivity index (χ3v) is 5.35. The fourth-order valence-corrected chi connectivity index (χ4v) is 3.83. The van der Waals surface area contributed by atoms with Gasteiger partial charge in [-0.05, 0) is 24.6 Å². The lowest BCUT2D eigenvalue weighted by Crippen LogP contribution is -2.26. The number of thiazole rings is 1. The van der Waals surface area contributed by atoms with Gasteiger partial charge >= 0.3 is 0 Å². The molecule has 0 spiro atoms. The molecule has 1 aromatic carbocycles. The number of aromatic nitrogens is 3. The highest BCUT2D eigenvalue weighted by molar-refractivity contribution is 7.09. The van der Waals surface area contributed by atoms with E-state index in [0.29, 0.717) is 18.8 Å². The number of ether oxygens (including phenoxy) is 2. The van der Waals surface area contributed by atoms with Gasteiger partial charge in [0.1, 0.15) is 23.1 Å². The van der Waals surface area contributed by atoms with E-state index in [9.17, 15) is 4.79 Å². The van der Waals surface area contributed by atoms with Crippen LogP contribution in [0.25, 0.3) is 21.8 Å². The van der Waals surface area contributed by atoms with Crippen LogP contribution < -0.4 is 10.1 Å². The number of methoxy groups -OCH3 is 1. The van der Waals surface area contributed by atoms with Gasteiger partial charge in [-0.2, -0.15) is 0 Å². The number of rotatable bonds is 8. The molecule has 1 amide bonds. The fraction of sp³-hybridized carbons (Fsp3) is 0.286. The Morgan fingerprint density at radius 1 is 1.24 bits per heavy atom. The number of hydrogen-bond acceptors (Lipinski definition) is 6. The summed E-state index contributed by atoms with van der Waals surface area (Å²) in [6.07, 6.45) is 4.33. The zero-order chi connectivity index (χ0) is 20.2. The van der Waals surface area contributed by atoms with E-state index in [0.717, 1.165) is 44.5 Å². The monoisotopic (exact) mass is 410 g/mol. The molecule has 0 bridgehead atoms. The smallest absolute Gasteiger partial charge is 0.270 e. The number of hydrogen-bond donors (Lipinski definition) is 2. The molecule has 2 N–H and O–H groups in total. The number of H-pyrrole nitrogens is 1. The van der Waals surface area contributed by atoms with E-state index >= 15 is 0 Å². The second-order valence-corrected chi connectivity index (χ2v) is 7.59. The molecule has 0 aliphatic carbocycles. The highest BCUT2D eigenvalue weighted by Gasteiger charge is 2.19. The number of fused-ring (bicyclic) bond motifs is 3. The quantitative estimate of drug-likeness (QED) is 0.458. The van der Waals surface area contributed by atoms with Crippen molar-refractivity contribution >= 4 is 39.0 Å². The molecule has 0 aliphatic heterocycles. The van der Waals surface area contributed by atoms with E-state index in [-0.39, 0.29) is 12.5 Å². The highest BCUT2D eigenvalue weighted by atomic mass is 32.1. The third kappa shape index (κ3) is 3.94. The SMILES string of the molecule is CCCNC(=O)c1ncc2[nH]c3ccc(OCc4nccs4)cc3c2c1COC. The third-order valence-electron chi connectivity index (χ3n) is 4.59. The largest absolute Gasteiger partial charge is 0.486 e. The second-order valence-electron chi connectivity index (χ2n) is 6.61. The van der Waals surface area contributed by atoms with Gasteiger partial charge in [-0.15, -0.1) is 11.3 Å². The molecule has 150 valence electrons. The van der Waals surface area contributed by atoms with Gasteiger partial charge in [0, 0.05) is 47.1 Å². The predicted octanol–water partition coefficient (Wildman–Crippen LogP) is 4.04. The standard InChI is InChI=1S/C21H22N4O3S/c1-3-6-23-21(26)20-15(11-27-2)19-14-9-13(28-12-18-22-7-8-29-18)4-5-16(14)25-17(19)10-24-20/h4-5,7-10,25H,3,6,11-12H2,1-2H3,(H,23,26). The van der Waals surface area contributed by atoms with Gasteiger partial charge in [-0.1, -0.05) is 6.92 Å². The maximum absolute atomic E-state index is 12.6. The summed E-state index contributed by atoms with van der Waals surface area (Å²) in [5.74, 6) is 0.553. The summed E-state index contributed by atoms with van der Waals surface area (Å²) in [7, 11) is 1.62. The van der Waals surface area contributed by atoms with Crippen molar-refractivity contribution < 1.29 is 14.3 Å². The molecule has 7 nitrogen and oxygen atoms in total. The highest BCUT2D eigenvalue weighted by Crippen LogP contribution is 2.32. The van der Waals surface area contributed by atoms with Crippen LogP contribution in [0.5, 0.6) is 5.75 Å². The average molecular weight is 410 g/mol. The molecule has 0 fully saturated rings. The van der Waals surface area contributed by atoms with Gasteiger partial charge in [0.05, 0.1) is 18.3 Å². The molecule has 0 saturated heterocycles. The Morgan fingerprint density at radius 3 is 2.90 bits per heavy atom. The fourth-order valence-electron chi connectivity index (χ4n) is 3.30. The van der Waals surface area contributed by atoms with Crippen LogP contribution in [0.3, 0.4) is 0 Å². The molecule has 3 heterocycles. The van der Waals surface area contributed by atoms with Crippen molar-refractivity contribution in [3.05, 3.63) is 52.2 Å². The van der Waals surface area contributed by atoms with Crippen molar-refractivity contribution in [2.24, 2.45) is 0 Å². The van der Waals surface area contributed by atoms with Gasteiger partial charge < -0.3 is 19.8 Å². The lowest BCUT2D eigenvalue weighted by molar-refractivity contribution is 0.0943. The summed E-state index contributed by atoms with van der Waals surface area (Å²) in [5.41, 5.74) is 2.97. The van der Waals surface area contributed by atoms with Gasteiger partial charge in [0.25, 0.3) is 5.91 Å². The molecule has 0 aliphatic rings. The Kier molecular flexibility index (Phi) is 5.73. The minimum Gasteiger partial charge on any atom is -0.486 e. The predicted molar refractivity (Wildman–Crippen MR) is 113 cm³/mol. The van der Waals surface area contributed by atoms with Crippen LogP contribution in [-0.2, 0) is 18.0 Å². The number of carbonyl (C=O) groups is 1. The van der Waals surface area contributed by atoms with E-state index in [2.05, 4.69) is 20.3 Å². The number of amides is 1. The van der Waals surface area contributed by atoms with Crippen molar-refractivity contribution in [1.82, 2.24) is 20.3 Å². The minimum absolute atomic E-state index is 0.189. The van der Waals surface area contributed by atoms with Gasteiger partial charge in [0.15, 0.2) is 0 Å². The first-order chi connectivity index (χ1) is 14.2. The Morgan fingerprint density at radius 2 is 2.14 bits per heavy atom. The molecule has 0 saturated carbocycles. The molecular weight excluding hydrogens is 388 g/mol. The number of aromatic amines is 1. The summed E-state index contributed by atoms with van der Waals surface area (Å²) in [6.45, 7) is 3.33. The van der Waals surface area contributed by atoms with Crippen LogP contribution in [0, 0.1) is 0 Å². The van der Waals surface area contributed by atoms with E-state index < -0.39 is 0 Å². The first-order valence-electron chi connectivity index (χ1n) is 9.43. The van der Waals surface area contributed by atoms with Crippen molar-refractivity contribution in [3.63, 3.8) is 0 Å². The van der Waals surface area contributed by atoms with E-state index in [1.807, 2.05) is 30.5 Å². The molecule has 4 rings (SSSR count).